The van der Waals surface area contributed by atoms with E-state index < -0.39 is 17.9 Å². The zero-order chi connectivity index (χ0) is 25.2. The molecule has 0 unspecified atom stereocenters. The van der Waals surface area contributed by atoms with Crippen molar-refractivity contribution in [2.45, 2.75) is 12.5 Å². The fourth-order valence-corrected chi connectivity index (χ4v) is 3.65. The molecule has 182 valence electrons. The van der Waals surface area contributed by atoms with Crippen LogP contribution in [0, 0.1) is 0 Å². The number of amides is 1. The summed E-state index contributed by atoms with van der Waals surface area (Å²) in [6.45, 7) is 0. The van der Waals surface area contributed by atoms with Crippen LogP contribution in [0.3, 0.4) is 0 Å². The van der Waals surface area contributed by atoms with Crippen LogP contribution >= 0.6 is 0 Å². The highest BCUT2D eigenvalue weighted by molar-refractivity contribution is 6.45. The summed E-state index contributed by atoms with van der Waals surface area (Å²) < 4.78 is 15.9. The Morgan fingerprint density at radius 1 is 0.829 bits per heavy atom. The second-order valence-electron chi connectivity index (χ2n) is 7.48. The zero-order valence-electron chi connectivity index (χ0n) is 20.1. The molecular formula is C27H28N2O6. The van der Waals surface area contributed by atoms with Crippen LogP contribution in [0.1, 0.15) is 11.1 Å². The lowest BCUT2D eigenvalue weighted by molar-refractivity contribution is -0.144. The highest BCUT2D eigenvalue weighted by Gasteiger charge is 2.25. The quantitative estimate of drug-likeness (QED) is 0.273. The fourth-order valence-electron chi connectivity index (χ4n) is 3.65. The molecule has 0 heterocycles. The number of benzene rings is 3. The van der Waals surface area contributed by atoms with Crippen molar-refractivity contribution in [1.82, 2.24) is 5.32 Å². The molecule has 0 saturated carbocycles. The van der Waals surface area contributed by atoms with Crippen molar-refractivity contribution in [2.75, 3.05) is 28.4 Å². The van der Waals surface area contributed by atoms with Gasteiger partial charge in [-0.25, -0.2) is 4.79 Å². The fraction of sp³-hybridized carbons (Fsp3) is 0.222. The van der Waals surface area contributed by atoms with Gasteiger partial charge in [0.25, 0.3) is 5.91 Å². The van der Waals surface area contributed by atoms with Gasteiger partial charge in [-0.1, -0.05) is 65.8 Å². The van der Waals surface area contributed by atoms with Gasteiger partial charge in [0.2, 0.25) is 0 Å². The van der Waals surface area contributed by atoms with Crippen LogP contribution in [-0.4, -0.2) is 52.1 Å². The van der Waals surface area contributed by atoms with Crippen LogP contribution in [0.15, 0.2) is 78.0 Å². The molecule has 8 nitrogen and oxygen atoms in total. The summed E-state index contributed by atoms with van der Waals surface area (Å²) >= 11 is 0. The molecule has 1 amide bonds. The van der Waals surface area contributed by atoms with E-state index in [0.717, 1.165) is 16.7 Å². The molecule has 0 aromatic heterocycles. The Kier molecular flexibility index (Phi) is 8.83. The van der Waals surface area contributed by atoms with Crippen LogP contribution in [-0.2, 0) is 25.6 Å². The zero-order valence-corrected chi connectivity index (χ0v) is 20.1. The summed E-state index contributed by atoms with van der Waals surface area (Å²) in [4.78, 5) is 30.3. The molecule has 0 bridgehead atoms. The molecule has 0 spiro atoms. The summed E-state index contributed by atoms with van der Waals surface area (Å²) in [6.07, 6.45) is 0.219. The maximum atomic E-state index is 13.0. The number of hydrogen-bond donors (Lipinski definition) is 1. The maximum Gasteiger partial charge on any atom is 0.328 e. The number of methoxy groups -OCH3 is 3. The van der Waals surface area contributed by atoms with Crippen molar-refractivity contribution in [3.05, 3.63) is 83.9 Å². The van der Waals surface area contributed by atoms with Crippen molar-refractivity contribution in [3.8, 4) is 22.6 Å². The van der Waals surface area contributed by atoms with Gasteiger partial charge in [0.05, 0.1) is 26.9 Å². The molecular weight excluding hydrogens is 448 g/mol. The van der Waals surface area contributed by atoms with Crippen LogP contribution in [0.5, 0.6) is 11.5 Å². The number of oxime groups is 1. The summed E-state index contributed by atoms with van der Waals surface area (Å²) in [7, 11) is 5.84. The molecule has 8 heteroatoms. The predicted octanol–water partition coefficient (Wildman–Crippen LogP) is 3.62. The Morgan fingerprint density at radius 3 is 2.00 bits per heavy atom. The van der Waals surface area contributed by atoms with Crippen LogP contribution in [0.25, 0.3) is 11.1 Å². The highest BCUT2D eigenvalue weighted by atomic mass is 16.6. The van der Waals surface area contributed by atoms with E-state index in [2.05, 4.69) is 10.5 Å². The van der Waals surface area contributed by atoms with E-state index in [1.165, 1.54) is 14.2 Å². The van der Waals surface area contributed by atoms with Crippen molar-refractivity contribution < 1.29 is 28.6 Å². The summed E-state index contributed by atoms with van der Waals surface area (Å²) in [5.74, 6) is 0.243. The minimum Gasteiger partial charge on any atom is -0.496 e. The first-order valence-corrected chi connectivity index (χ1v) is 10.9. The van der Waals surface area contributed by atoms with Crippen molar-refractivity contribution in [3.63, 3.8) is 0 Å². The van der Waals surface area contributed by atoms with Gasteiger partial charge in [-0.15, -0.1) is 0 Å². The van der Waals surface area contributed by atoms with E-state index in [1.54, 1.807) is 38.5 Å². The topological polar surface area (TPSA) is 95.5 Å². The average molecular weight is 477 g/mol. The number of rotatable bonds is 10. The second-order valence-corrected chi connectivity index (χ2v) is 7.48. The Balaban J connectivity index is 1.83. The van der Waals surface area contributed by atoms with E-state index >= 15 is 0 Å². The summed E-state index contributed by atoms with van der Waals surface area (Å²) in [5.41, 5.74) is 3.15. The van der Waals surface area contributed by atoms with Gasteiger partial charge in [-0.05, 0) is 23.3 Å². The van der Waals surface area contributed by atoms with Crippen LogP contribution in [0.4, 0.5) is 0 Å². The number of esters is 1. The lowest BCUT2D eigenvalue weighted by Crippen LogP contribution is -2.46. The first-order valence-electron chi connectivity index (χ1n) is 10.9. The van der Waals surface area contributed by atoms with E-state index in [-0.39, 0.29) is 12.1 Å². The molecule has 1 N–H and O–H groups in total. The number of nitrogens with zero attached hydrogens (tertiary/aromatic N) is 1. The molecule has 0 aliphatic carbocycles. The van der Waals surface area contributed by atoms with E-state index in [0.29, 0.717) is 17.1 Å². The summed E-state index contributed by atoms with van der Waals surface area (Å²) in [5, 5.41) is 6.56. The second kappa shape index (κ2) is 12.2. The van der Waals surface area contributed by atoms with E-state index in [9.17, 15) is 9.59 Å². The van der Waals surface area contributed by atoms with Gasteiger partial charge in [-0.2, -0.15) is 0 Å². The lowest BCUT2D eigenvalue weighted by atomic mass is 9.99. The van der Waals surface area contributed by atoms with Crippen molar-refractivity contribution >= 4 is 17.6 Å². The Morgan fingerprint density at radius 2 is 1.46 bits per heavy atom. The number of hydrogen-bond acceptors (Lipinski definition) is 7. The largest absolute Gasteiger partial charge is 0.496 e. The minimum atomic E-state index is -0.926. The molecule has 0 saturated heterocycles. The van der Waals surface area contributed by atoms with Crippen LogP contribution in [0.2, 0.25) is 0 Å². The van der Waals surface area contributed by atoms with Gasteiger partial charge in [0, 0.05) is 12.0 Å². The van der Waals surface area contributed by atoms with E-state index in [4.69, 9.17) is 19.0 Å². The molecule has 1 atom stereocenters. The molecule has 3 rings (SSSR count). The third-order valence-corrected chi connectivity index (χ3v) is 5.35. The normalized spacial score (nSPS) is 11.8. The molecule has 0 fully saturated rings. The summed E-state index contributed by atoms with van der Waals surface area (Å²) in [6, 6.07) is 21.1. The third kappa shape index (κ3) is 6.17. The minimum absolute atomic E-state index is 0.0561. The van der Waals surface area contributed by atoms with Crippen molar-refractivity contribution in [1.29, 1.82) is 0 Å². The van der Waals surface area contributed by atoms with E-state index in [1.807, 2.05) is 48.5 Å². The van der Waals surface area contributed by atoms with Gasteiger partial charge in [0.1, 0.15) is 24.7 Å². The first-order chi connectivity index (χ1) is 17.0. The Bertz CT molecular complexity index is 1150. The third-order valence-electron chi connectivity index (χ3n) is 5.35. The smallest absolute Gasteiger partial charge is 0.328 e. The van der Waals surface area contributed by atoms with Crippen molar-refractivity contribution in [2.24, 2.45) is 5.16 Å². The Hall–Kier alpha value is -4.33. The molecule has 0 aliphatic rings. The van der Waals surface area contributed by atoms with Gasteiger partial charge >= 0.3 is 5.97 Å². The van der Waals surface area contributed by atoms with Gasteiger partial charge in [0.15, 0.2) is 5.71 Å². The number of carbonyl (C=O) groups is 2. The Labute approximate surface area is 204 Å². The molecule has 35 heavy (non-hydrogen) atoms. The van der Waals surface area contributed by atoms with Gasteiger partial charge in [-0.3, -0.25) is 4.79 Å². The molecule has 3 aromatic rings. The standard InChI is InChI=1S/C27H28N2O6/c1-32-22-11-8-12-23(33-2)24(22)19-15-13-18(14-16-19)17-21(27(31)34-3)28-26(30)25(29-35-4)20-9-6-5-7-10-20/h5-16,21H,17H2,1-4H3,(H,28,30)/t21-/m0/s1. The maximum absolute atomic E-state index is 13.0. The molecule has 0 radical (unpaired) electrons. The average Bonchev–Trinajstić information content (AvgIpc) is 2.91. The number of carbonyl (C=O) groups excluding carboxylic acids is 2. The monoisotopic (exact) mass is 476 g/mol. The first kappa shape index (κ1) is 25.3. The van der Waals surface area contributed by atoms with Gasteiger partial charge < -0.3 is 24.4 Å². The number of ether oxygens (including phenoxy) is 3. The predicted molar refractivity (Wildman–Crippen MR) is 133 cm³/mol. The molecule has 0 aliphatic heterocycles. The number of nitrogens with one attached hydrogen (secondary N) is 1. The highest BCUT2D eigenvalue weighted by Crippen LogP contribution is 2.38. The lowest BCUT2D eigenvalue weighted by Gasteiger charge is -2.18. The SMILES string of the molecule is CON=C(C(=O)N[C@@H](Cc1ccc(-c2c(OC)cccc2OC)cc1)C(=O)OC)c1ccccc1. The molecule has 3 aromatic carbocycles. The van der Waals surface area contributed by atoms with Crippen LogP contribution < -0.4 is 14.8 Å².